The Morgan fingerprint density at radius 3 is 2.37 bits per heavy atom. The maximum Gasteiger partial charge on any atom is 0.152 e. The first-order valence-corrected chi connectivity index (χ1v) is 7.01. The summed E-state index contributed by atoms with van der Waals surface area (Å²) in [5.74, 6) is 0. The van der Waals surface area contributed by atoms with Crippen LogP contribution in [0.3, 0.4) is 0 Å². The summed E-state index contributed by atoms with van der Waals surface area (Å²) in [6.07, 6.45) is 2.55. The van der Waals surface area contributed by atoms with E-state index in [-0.39, 0.29) is 5.41 Å². The number of hydrogen-bond donors (Lipinski definition) is 0. The Hall–Kier alpha value is -1.61. The topological polar surface area (TPSA) is 30.0 Å². The van der Waals surface area contributed by atoms with Gasteiger partial charge in [-0.3, -0.25) is 4.79 Å². The van der Waals surface area contributed by atoms with Crippen molar-refractivity contribution in [3.63, 3.8) is 0 Å². The molecule has 3 heteroatoms. The molecule has 0 fully saturated rings. The second kappa shape index (κ2) is 5.57. The van der Waals surface area contributed by atoms with E-state index in [2.05, 4.69) is 50.0 Å². The molecule has 1 heterocycles. The van der Waals surface area contributed by atoms with Crippen LogP contribution in [-0.2, 0) is 5.41 Å². The summed E-state index contributed by atoms with van der Waals surface area (Å²) in [7, 11) is 0. The van der Waals surface area contributed by atoms with E-state index in [9.17, 15) is 4.79 Å². The molecular formula is C16H17NOS. The minimum absolute atomic E-state index is 0.155. The minimum atomic E-state index is 0.155. The van der Waals surface area contributed by atoms with E-state index < -0.39 is 0 Å². The smallest absolute Gasteiger partial charge is 0.152 e. The van der Waals surface area contributed by atoms with Crippen LogP contribution < -0.4 is 0 Å². The Balaban J connectivity index is 2.22. The molecule has 0 aliphatic rings. The predicted molar refractivity (Wildman–Crippen MR) is 78.9 cm³/mol. The van der Waals surface area contributed by atoms with Crippen molar-refractivity contribution < 1.29 is 4.79 Å². The number of rotatable bonds is 3. The van der Waals surface area contributed by atoms with Crippen LogP contribution in [0.4, 0.5) is 0 Å². The molecule has 0 amide bonds. The van der Waals surface area contributed by atoms with Gasteiger partial charge in [-0.2, -0.15) is 0 Å². The third kappa shape index (κ3) is 3.44. The molecule has 0 saturated heterocycles. The van der Waals surface area contributed by atoms with Gasteiger partial charge in [0.25, 0.3) is 0 Å². The Morgan fingerprint density at radius 1 is 1.11 bits per heavy atom. The third-order valence-electron chi connectivity index (χ3n) is 2.86. The Labute approximate surface area is 118 Å². The number of pyridine rings is 1. The van der Waals surface area contributed by atoms with Crippen molar-refractivity contribution in [1.29, 1.82) is 0 Å². The van der Waals surface area contributed by atoms with Crippen LogP contribution in [0.5, 0.6) is 0 Å². The van der Waals surface area contributed by atoms with E-state index in [0.29, 0.717) is 5.56 Å². The van der Waals surface area contributed by atoms with Gasteiger partial charge in [-0.1, -0.05) is 44.7 Å². The van der Waals surface area contributed by atoms with Gasteiger partial charge in [0.1, 0.15) is 5.03 Å². The second-order valence-corrected chi connectivity index (χ2v) is 6.45. The van der Waals surface area contributed by atoms with E-state index >= 15 is 0 Å². The van der Waals surface area contributed by atoms with Crippen molar-refractivity contribution in [3.05, 3.63) is 53.7 Å². The number of aromatic nitrogens is 1. The molecule has 0 radical (unpaired) electrons. The summed E-state index contributed by atoms with van der Waals surface area (Å²) < 4.78 is 0. The maximum atomic E-state index is 10.9. The Bertz CT molecular complexity index is 570. The quantitative estimate of drug-likeness (QED) is 0.778. The van der Waals surface area contributed by atoms with Crippen LogP contribution in [0.1, 0.15) is 36.7 Å². The maximum absolute atomic E-state index is 10.9. The van der Waals surface area contributed by atoms with Crippen molar-refractivity contribution in [2.45, 2.75) is 36.1 Å². The van der Waals surface area contributed by atoms with Gasteiger partial charge in [0.2, 0.25) is 0 Å². The number of carbonyl (C=O) groups excluding carboxylic acids is 1. The van der Waals surface area contributed by atoms with Crippen molar-refractivity contribution >= 4 is 18.0 Å². The lowest BCUT2D eigenvalue weighted by molar-refractivity contribution is 0.112. The lowest BCUT2D eigenvalue weighted by atomic mass is 9.87. The molecule has 1 aromatic carbocycles. The van der Waals surface area contributed by atoms with Gasteiger partial charge in [0.05, 0.1) is 0 Å². The summed E-state index contributed by atoms with van der Waals surface area (Å²) in [6, 6.07) is 12.0. The fraction of sp³-hybridized carbons (Fsp3) is 0.250. The molecule has 0 atom stereocenters. The first kappa shape index (κ1) is 13.8. The monoisotopic (exact) mass is 271 g/mol. The third-order valence-corrected chi connectivity index (χ3v) is 3.90. The zero-order valence-corrected chi connectivity index (χ0v) is 12.2. The Kier molecular flexibility index (Phi) is 4.05. The lowest BCUT2D eigenvalue weighted by Gasteiger charge is -2.19. The van der Waals surface area contributed by atoms with Gasteiger partial charge in [0.15, 0.2) is 6.29 Å². The van der Waals surface area contributed by atoms with Gasteiger partial charge in [-0.25, -0.2) is 4.98 Å². The molecule has 0 unspecified atom stereocenters. The average molecular weight is 271 g/mol. The molecule has 0 saturated carbocycles. The molecule has 0 N–H and O–H groups in total. The molecule has 98 valence electrons. The van der Waals surface area contributed by atoms with Crippen molar-refractivity contribution in [1.82, 2.24) is 4.98 Å². The average Bonchev–Trinajstić information content (AvgIpc) is 2.39. The summed E-state index contributed by atoms with van der Waals surface area (Å²) >= 11 is 1.52. The number of nitrogens with zero attached hydrogens (tertiary/aromatic N) is 1. The Morgan fingerprint density at radius 2 is 1.79 bits per heavy atom. The van der Waals surface area contributed by atoms with Crippen LogP contribution in [0.25, 0.3) is 0 Å². The van der Waals surface area contributed by atoms with Crippen LogP contribution in [0, 0.1) is 0 Å². The highest BCUT2D eigenvalue weighted by atomic mass is 32.2. The highest BCUT2D eigenvalue weighted by Gasteiger charge is 2.13. The van der Waals surface area contributed by atoms with E-state index in [4.69, 9.17) is 0 Å². The standard InChI is InChI=1S/C16H17NOS/c1-16(2,3)13-6-8-14(9-7-13)19-15-12(11-18)5-4-10-17-15/h4-11H,1-3H3. The van der Waals surface area contributed by atoms with Gasteiger partial charge in [-0.05, 0) is 35.2 Å². The summed E-state index contributed by atoms with van der Waals surface area (Å²) in [4.78, 5) is 16.3. The van der Waals surface area contributed by atoms with Crippen LogP contribution >= 0.6 is 11.8 Å². The molecule has 19 heavy (non-hydrogen) atoms. The van der Waals surface area contributed by atoms with Crippen molar-refractivity contribution in [2.24, 2.45) is 0 Å². The first-order valence-electron chi connectivity index (χ1n) is 6.19. The largest absolute Gasteiger partial charge is 0.298 e. The van der Waals surface area contributed by atoms with Crippen LogP contribution in [0.15, 0.2) is 52.5 Å². The van der Waals surface area contributed by atoms with Gasteiger partial charge in [-0.15, -0.1) is 0 Å². The van der Waals surface area contributed by atoms with E-state index in [1.165, 1.54) is 17.3 Å². The highest BCUT2D eigenvalue weighted by Crippen LogP contribution is 2.30. The molecule has 2 nitrogen and oxygen atoms in total. The number of carbonyl (C=O) groups is 1. The van der Waals surface area contributed by atoms with E-state index in [1.807, 2.05) is 0 Å². The minimum Gasteiger partial charge on any atom is -0.298 e. The zero-order chi connectivity index (χ0) is 13.9. The zero-order valence-electron chi connectivity index (χ0n) is 11.4. The summed E-state index contributed by atoms with van der Waals surface area (Å²) in [5, 5.41) is 0.751. The fourth-order valence-electron chi connectivity index (χ4n) is 1.71. The molecule has 0 spiro atoms. The van der Waals surface area contributed by atoms with Gasteiger partial charge >= 0.3 is 0 Å². The SMILES string of the molecule is CC(C)(C)c1ccc(Sc2ncccc2C=O)cc1. The molecule has 0 aliphatic heterocycles. The van der Waals surface area contributed by atoms with Crippen molar-refractivity contribution in [2.75, 3.05) is 0 Å². The highest BCUT2D eigenvalue weighted by molar-refractivity contribution is 7.99. The fourth-order valence-corrected chi connectivity index (χ4v) is 2.56. The van der Waals surface area contributed by atoms with Crippen LogP contribution in [-0.4, -0.2) is 11.3 Å². The normalized spacial score (nSPS) is 11.3. The summed E-state index contributed by atoms with van der Waals surface area (Å²) in [5.41, 5.74) is 2.09. The van der Waals surface area contributed by atoms with E-state index in [0.717, 1.165) is 16.2 Å². The molecule has 0 aliphatic carbocycles. The van der Waals surface area contributed by atoms with E-state index in [1.54, 1.807) is 18.3 Å². The number of aldehydes is 1. The molecule has 2 rings (SSSR count). The predicted octanol–water partition coefficient (Wildman–Crippen LogP) is 4.34. The molecule has 1 aromatic heterocycles. The second-order valence-electron chi connectivity index (χ2n) is 5.39. The van der Waals surface area contributed by atoms with Crippen molar-refractivity contribution in [3.8, 4) is 0 Å². The van der Waals surface area contributed by atoms with Crippen LogP contribution in [0.2, 0.25) is 0 Å². The molecule has 0 bridgehead atoms. The molecular weight excluding hydrogens is 254 g/mol. The lowest BCUT2D eigenvalue weighted by Crippen LogP contribution is -2.10. The van der Waals surface area contributed by atoms with Gasteiger partial charge < -0.3 is 0 Å². The number of benzene rings is 1. The first-order chi connectivity index (χ1) is 9.00. The molecule has 2 aromatic rings. The van der Waals surface area contributed by atoms with Gasteiger partial charge in [0, 0.05) is 16.7 Å². The summed E-state index contributed by atoms with van der Waals surface area (Å²) in [6.45, 7) is 6.58. The number of hydrogen-bond acceptors (Lipinski definition) is 3.